The molecule has 0 fully saturated rings. The third-order valence-electron chi connectivity index (χ3n) is 4.87. The summed E-state index contributed by atoms with van der Waals surface area (Å²) in [5, 5.41) is 9.81. The monoisotopic (exact) mass is 418 g/mol. The SMILES string of the molecule is CCC(=O)N1CC(C(=O)O)N(S(=O)(=O)c2ccc(OC)cc2)Cc2ccccc21. The predicted octanol–water partition coefficient (Wildman–Crippen LogP) is 2.10. The van der Waals surface area contributed by atoms with Crippen molar-refractivity contribution < 1.29 is 27.9 Å². The van der Waals surface area contributed by atoms with Gasteiger partial charge in [0.1, 0.15) is 11.8 Å². The van der Waals surface area contributed by atoms with Crippen molar-refractivity contribution in [1.29, 1.82) is 0 Å². The Morgan fingerprint density at radius 1 is 1.14 bits per heavy atom. The van der Waals surface area contributed by atoms with Crippen molar-refractivity contribution in [3.63, 3.8) is 0 Å². The Morgan fingerprint density at radius 3 is 2.38 bits per heavy atom. The van der Waals surface area contributed by atoms with E-state index in [1.807, 2.05) is 0 Å². The quantitative estimate of drug-likeness (QED) is 0.797. The Kier molecular flexibility index (Phi) is 5.90. The van der Waals surface area contributed by atoms with Crippen LogP contribution in [0.1, 0.15) is 18.9 Å². The standard InChI is InChI=1S/C20H22N2O6S/c1-3-19(23)21-13-18(20(24)25)22(12-14-6-4-5-7-17(14)21)29(26,27)16-10-8-15(28-2)9-11-16/h4-11,18H,3,12-13H2,1-2H3,(H,24,25). The van der Waals surface area contributed by atoms with Crippen LogP contribution in [0, 0.1) is 0 Å². The zero-order chi connectivity index (χ0) is 21.2. The van der Waals surface area contributed by atoms with Gasteiger partial charge in [-0.3, -0.25) is 9.59 Å². The van der Waals surface area contributed by atoms with Gasteiger partial charge in [0.25, 0.3) is 0 Å². The first-order chi connectivity index (χ1) is 13.8. The second-order valence-electron chi connectivity index (χ2n) is 6.57. The molecule has 2 aromatic rings. The summed E-state index contributed by atoms with van der Waals surface area (Å²) >= 11 is 0. The maximum Gasteiger partial charge on any atom is 0.323 e. The van der Waals surface area contributed by atoms with Crippen LogP contribution < -0.4 is 9.64 Å². The molecule has 1 aliphatic rings. The van der Waals surface area contributed by atoms with Crippen LogP contribution in [0.25, 0.3) is 0 Å². The maximum atomic E-state index is 13.3. The van der Waals surface area contributed by atoms with Crippen LogP contribution in [0.4, 0.5) is 5.69 Å². The third-order valence-corrected chi connectivity index (χ3v) is 6.74. The largest absolute Gasteiger partial charge is 0.497 e. The molecule has 2 aromatic carbocycles. The van der Waals surface area contributed by atoms with Gasteiger partial charge in [0.05, 0.1) is 18.6 Å². The average molecular weight is 418 g/mol. The number of amides is 1. The van der Waals surface area contributed by atoms with Crippen molar-refractivity contribution in [2.75, 3.05) is 18.6 Å². The Morgan fingerprint density at radius 2 is 1.79 bits per heavy atom. The number of aliphatic carboxylic acids is 1. The highest BCUT2D eigenvalue weighted by atomic mass is 32.2. The minimum atomic E-state index is -4.14. The number of methoxy groups -OCH3 is 1. The van der Waals surface area contributed by atoms with E-state index < -0.39 is 22.0 Å². The van der Waals surface area contributed by atoms with Gasteiger partial charge in [-0.25, -0.2) is 8.42 Å². The highest BCUT2D eigenvalue weighted by Crippen LogP contribution is 2.32. The van der Waals surface area contributed by atoms with E-state index in [0.717, 1.165) is 4.31 Å². The smallest absolute Gasteiger partial charge is 0.323 e. The molecule has 0 aromatic heterocycles. The normalized spacial score (nSPS) is 17.3. The van der Waals surface area contributed by atoms with E-state index in [0.29, 0.717) is 17.0 Å². The van der Waals surface area contributed by atoms with Crippen molar-refractivity contribution in [2.45, 2.75) is 30.8 Å². The van der Waals surface area contributed by atoms with Gasteiger partial charge in [0.15, 0.2) is 0 Å². The number of sulfonamides is 1. The van der Waals surface area contributed by atoms with Gasteiger partial charge >= 0.3 is 5.97 Å². The lowest BCUT2D eigenvalue weighted by Gasteiger charge is -2.28. The number of fused-ring (bicyclic) bond motifs is 1. The lowest BCUT2D eigenvalue weighted by molar-refractivity contribution is -0.141. The molecule has 8 nitrogen and oxygen atoms in total. The van der Waals surface area contributed by atoms with Crippen LogP contribution in [0.2, 0.25) is 0 Å². The second-order valence-corrected chi connectivity index (χ2v) is 8.46. The van der Waals surface area contributed by atoms with Gasteiger partial charge in [-0.2, -0.15) is 4.31 Å². The molecule has 1 amide bonds. The molecule has 1 atom stereocenters. The predicted molar refractivity (Wildman–Crippen MR) is 106 cm³/mol. The molecule has 1 aliphatic heterocycles. The Bertz CT molecular complexity index is 1020. The van der Waals surface area contributed by atoms with E-state index in [1.54, 1.807) is 31.2 Å². The van der Waals surface area contributed by atoms with Crippen LogP contribution in [0.3, 0.4) is 0 Å². The first-order valence-electron chi connectivity index (χ1n) is 9.06. The minimum absolute atomic E-state index is 0.0442. The van der Waals surface area contributed by atoms with E-state index in [9.17, 15) is 23.1 Å². The Labute approximate surface area is 169 Å². The summed E-state index contributed by atoms with van der Waals surface area (Å²) in [7, 11) is -2.68. The van der Waals surface area contributed by atoms with E-state index in [4.69, 9.17) is 4.74 Å². The summed E-state index contributed by atoms with van der Waals surface area (Å²) in [4.78, 5) is 25.9. The maximum absolute atomic E-state index is 13.3. The number of ether oxygens (including phenoxy) is 1. The molecule has 0 saturated carbocycles. The van der Waals surface area contributed by atoms with Crippen LogP contribution in [0.15, 0.2) is 53.4 Å². The highest BCUT2D eigenvalue weighted by Gasteiger charge is 2.41. The van der Waals surface area contributed by atoms with Crippen LogP contribution in [-0.4, -0.2) is 49.4 Å². The van der Waals surface area contributed by atoms with Crippen molar-refractivity contribution >= 4 is 27.6 Å². The molecule has 29 heavy (non-hydrogen) atoms. The summed E-state index contributed by atoms with van der Waals surface area (Å²) in [6.07, 6.45) is 0.173. The lowest BCUT2D eigenvalue weighted by atomic mass is 10.1. The molecule has 1 heterocycles. The molecule has 0 spiro atoms. The average Bonchev–Trinajstić information content (AvgIpc) is 2.91. The summed E-state index contributed by atoms with van der Waals surface area (Å²) in [6, 6.07) is 11.2. The first kappa shape index (κ1) is 20.8. The van der Waals surface area contributed by atoms with Crippen molar-refractivity contribution in [3.8, 4) is 5.75 Å². The fourth-order valence-electron chi connectivity index (χ4n) is 3.31. The summed E-state index contributed by atoms with van der Waals surface area (Å²) < 4.78 is 32.7. The molecule has 0 aliphatic carbocycles. The Balaban J connectivity index is 2.11. The fourth-order valence-corrected chi connectivity index (χ4v) is 4.86. The van der Waals surface area contributed by atoms with Gasteiger partial charge < -0.3 is 14.7 Å². The van der Waals surface area contributed by atoms with Gasteiger partial charge in [0, 0.05) is 18.7 Å². The molecule has 0 radical (unpaired) electrons. The van der Waals surface area contributed by atoms with Gasteiger partial charge in [-0.1, -0.05) is 25.1 Å². The number of carbonyl (C=O) groups excluding carboxylic acids is 1. The van der Waals surface area contributed by atoms with Crippen molar-refractivity contribution in [3.05, 3.63) is 54.1 Å². The van der Waals surface area contributed by atoms with E-state index in [1.165, 1.54) is 36.3 Å². The van der Waals surface area contributed by atoms with E-state index in [2.05, 4.69) is 0 Å². The highest BCUT2D eigenvalue weighted by molar-refractivity contribution is 7.89. The zero-order valence-electron chi connectivity index (χ0n) is 16.1. The van der Waals surface area contributed by atoms with Crippen molar-refractivity contribution in [1.82, 2.24) is 4.31 Å². The number of anilines is 1. The van der Waals surface area contributed by atoms with Gasteiger partial charge in [-0.05, 0) is 35.9 Å². The first-order valence-corrected chi connectivity index (χ1v) is 10.5. The third kappa shape index (κ3) is 3.96. The van der Waals surface area contributed by atoms with Gasteiger partial charge in [-0.15, -0.1) is 0 Å². The second kappa shape index (κ2) is 8.22. The number of nitrogens with zero attached hydrogens (tertiary/aromatic N) is 2. The molecule has 154 valence electrons. The van der Waals surface area contributed by atoms with E-state index >= 15 is 0 Å². The molecule has 3 rings (SSSR count). The summed E-state index contributed by atoms with van der Waals surface area (Å²) in [5.41, 5.74) is 1.09. The number of benzene rings is 2. The molecular formula is C20H22N2O6S. The topological polar surface area (TPSA) is 104 Å². The van der Waals surface area contributed by atoms with E-state index in [-0.39, 0.29) is 30.3 Å². The van der Waals surface area contributed by atoms with Crippen LogP contribution in [-0.2, 0) is 26.2 Å². The van der Waals surface area contributed by atoms with Crippen LogP contribution in [0.5, 0.6) is 5.75 Å². The molecule has 1 unspecified atom stereocenters. The number of carboxylic acids is 1. The molecule has 0 bridgehead atoms. The molecule has 0 saturated heterocycles. The summed E-state index contributed by atoms with van der Waals surface area (Å²) in [6.45, 7) is 1.25. The van der Waals surface area contributed by atoms with Crippen LogP contribution >= 0.6 is 0 Å². The number of para-hydroxylation sites is 1. The summed E-state index contributed by atoms with van der Waals surface area (Å²) in [5.74, 6) is -1.10. The number of rotatable bonds is 5. The zero-order valence-corrected chi connectivity index (χ0v) is 16.9. The number of hydrogen-bond donors (Lipinski definition) is 1. The number of hydrogen-bond acceptors (Lipinski definition) is 5. The minimum Gasteiger partial charge on any atom is -0.497 e. The van der Waals surface area contributed by atoms with Gasteiger partial charge in [0.2, 0.25) is 15.9 Å². The molecule has 1 N–H and O–H groups in total. The Hall–Kier alpha value is -2.91. The molecule has 9 heteroatoms. The lowest BCUT2D eigenvalue weighted by Crippen LogP contribution is -2.50. The number of carbonyl (C=O) groups is 2. The molecular weight excluding hydrogens is 396 g/mol. The number of carboxylic acid groups (broad SMARTS) is 1. The fraction of sp³-hybridized carbons (Fsp3) is 0.300. The van der Waals surface area contributed by atoms with Crippen molar-refractivity contribution in [2.24, 2.45) is 0 Å².